The third-order valence-corrected chi connectivity index (χ3v) is 5.33. The van der Waals surface area contributed by atoms with E-state index < -0.39 is 5.25 Å². The van der Waals surface area contributed by atoms with Crippen molar-refractivity contribution in [1.82, 2.24) is 25.2 Å². The maximum absolute atomic E-state index is 12.4. The van der Waals surface area contributed by atoms with E-state index in [-0.39, 0.29) is 5.91 Å². The van der Waals surface area contributed by atoms with Crippen LogP contribution in [0.5, 0.6) is 0 Å². The van der Waals surface area contributed by atoms with Gasteiger partial charge in [0.05, 0.1) is 16.0 Å². The van der Waals surface area contributed by atoms with E-state index in [9.17, 15) is 4.79 Å². The summed E-state index contributed by atoms with van der Waals surface area (Å²) in [7, 11) is 0. The van der Waals surface area contributed by atoms with Gasteiger partial charge in [0.15, 0.2) is 0 Å². The molecule has 0 unspecified atom stereocenters. The molecule has 1 N–H and O–H groups in total. The molecule has 1 aromatic carbocycles. The van der Waals surface area contributed by atoms with Crippen molar-refractivity contribution in [3.05, 3.63) is 53.2 Å². The highest BCUT2D eigenvalue weighted by Crippen LogP contribution is 2.24. The maximum Gasteiger partial charge on any atom is 0.238 e. The van der Waals surface area contributed by atoms with Crippen molar-refractivity contribution in [2.45, 2.75) is 43.5 Å². The summed E-state index contributed by atoms with van der Waals surface area (Å²) in [5, 5.41) is 15.3. The summed E-state index contributed by atoms with van der Waals surface area (Å²) in [6.45, 7) is 3.97. The highest BCUT2D eigenvalue weighted by atomic mass is 35.5. The van der Waals surface area contributed by atoms with Gasteiger partial charge in [0.25, 0.3) is 0 Å². The van der Waals surface area contributed by atoms with E-state index >= 15 is 0 Å². The Morgan fingerprint density at radius 3 is 2.71 bits per heavy atom. The standard InChI is InChI=1S/C19H21ClN6OS/c1-3-4-5-14-6-9-16(10-7-14)26-19(23-24-25-26)28-13(2)18(27)22-17-11-8-15(20)12-21-17/h6-13H,3-5H2,1-2H3,(H,21,22,27)/t13-/m0/s1. The number of amides is 1. The number of pyridine rings is 1. The fourth-order valence-electron chi connectivity index (χ4n) is 2.49. The zero-order valence-electron chi connectivity index (χ0n) is 15.7. The first kappa shape index (κ1) is 20.3. The van der Waals surface area contributed by atoms with Crippen LogP contribution in [0.15, 0.2) is 47.8 Å². The first-order chi connectivity index (χ1) is 13.6. The van der Waals surface area contributed by atoms with E-state index in [0.717, 1.165) is 12.1 Å². The van der Waals surface area contributed by atoms with Gasteiger partial charge in [0.1, 0.15) is 5.82 Å². The predicted octanol–water partition coefficient (Wildman–Crippen LogP) is 4.17. The molecule has 0 bridgehead atoms. The Kier molecular flexibility index (Phi) is 7.00. The molecule has 3 rings (SSSR count). The van der Waals surface area contributed by atoms with Crippen molar-refractivity contribution >= 4 is 35.1 Å². The lowest BCUT2D eigenvalue weighted by molar-refractivity contribution is -0.115. The van der Waals surface area contributed by atoms with Gasteiger partial charge in [-0.05, 0) is 60.0 Å². The number of nitrogens with zero attached hydrogens (tertiary/aromatic N) is 5. The van der Waals surface area contributed by atoms with Crippen LogP contribution in [0, 0.1) is 0 Å². The highest BCUT2D eigenvalue weighted by Gasteiger charge is 2.19. The zero-order valence-corrected chi connectivity index (χ0v) is 17.2. The number of rotatable bonds is 8. The van der Waals surface area contributed by atoms with E-state index in [4.69, 9.17) is 11.6 Å². The Morgan fingerprint density at radius 2 is 2.04 bits per heavy atom. The van der Waals surface area contributed by atoms with Gasteiger partial charge in [-0.2, -0.15) is 4.68 Å². The van der Waals surface area contributed by atoms with Crippen molar-refractivity contribution in [3.8, 4) is 5.69 Å². The average Bonchev–Trinajstić information content (AvgIpc) is 3.16. The topological polar surface area (TPSA) is 85.6 Å². The third kappa shape index (κ3) is 5.30. The van der Waals surface area contributed by atoms with Gasteiger partial charge < -0.3 is 5.32 Å². The molecule has 0 spiro atoms. The van der Waals surface area contributed by atoms with Gasteiger partial charge >= 0.3 is 0 Å². The van der Waals surface area contributed by atoms with E-state index in [2.05, 4.69) is 44.9 Å². The molecule has 1 atom stereocenters. The molecule has 0 saturated heterocycles. The number of aromatic nitrogens is 5. The molecule has 146 valence electrons. The quantitative estimate of drug-likeness (QED) is 0.554. The van der Waals surface area contributed by atoms with Gasteiger partial charge in [0, 0.05) is 6.20 Å². The molecule has 7 nitrogen and oxygen atoms in total. The van der Waals surface area contributed by atoms with Gasteiger partial charge in [0.2, 0.25) is 11.1 Å². The van der Waals surface area contributed by atoms with Crippen LogP contribution in [0.3, 0.4) is 0 Å². The van der Waals surface area contributed by atoms with Gasteiger partial charge in [-0.1, -0.05) is 48.8 Å². The van der Waals surface area contributed by atoms with Gasteiger partial charge in [-0.15, -0.1) is 5.10 Å². The fraction of sp³-hybridized carbons (Fsp3) is 0.316. The summed E-state index contributed by atoms with van der Waals surface area (Å²) >= 11 is 7.09. The minimum Gasteiger partial charge on any atom is -0.310 e. The molecule has 9 heteroatoms. The van der Waals surface area contributed by atoms with E-state index in [1.165, 1.54) is 36.4 Å². The number of tetrazole rings is 1. The lowest BCUT2D eigenvalue weighted by Crippen LogP contribution is -2.23. The van der Waals surface area contributed by atoms with Crippen LogP contribution in [0.4, 0.5) is 5.82 Å². The molecule has 3 aromatic rings. The molecule has 0 fully saturated rings. The van der Waals surface area contributed by atoms with Crippen molar-refractivity contribution in [2.24, 2.45) is 0 Å². The molecule has 0 aliphatic rings. The van der Waals surface area contributed by atoms with E-state index in [1.54, 1.807) is 23.7 Å². The molecule has 0 aliphatic heterocycles. The minimum absolute atomic E-state index is 0.190. The maximum atomic E-state index is 12.4. The molecular formula is C19H21ClN6OS. The number of halogens is 1. The van der Waals surface area contributed by atoms with Crippen LogP contribution in [0.1, 0.15) is 32.3 Å². The van der Waals surface area contributed by atoms with Crippen LogP contribution in [-0.2, 0) is 11.2 Å². The second-order valence-electron chi connectivity index (χ2n) is 6.25. The summed E-state index contributed by atoms with van der Waals surface area (Å²) in [6, 6.07) is 11.5. The molecule has 0 aliphatic carbocycles. The van der Waals surface area contributed by atoms with Crippen LogP contribution in [0.25, 0.3) is 5.69 Å². The molecule has 1 amide bonds. The highest BCUT2D eigenvalue weighted by molar-refractivity contribution is 8.00. The fourth-order valence-corrected chi connectivity index (χ4v) is 3.41. The Bertz CT molecular complexity index is 913. The second kappa shape index (κ2) is 9.66. The Morgan fingerprint density at radius 1 is 1.25 bits per heavy atom. The van der Waals surface area contributed by atoms with Crippen LogP contribution < -0.4 is 5.32 Å². The SMILES string of the molecule is CCCCc1ccc(-n2nnnc2S[C@@H](C)C(=O)Nc2ccc(Cl)cn2)cc1. The summed E-state index contributed by atoms with van der Waals surface area (Å²) in [5.41, 5.74) is 2.15. The lowest BCUT2D eigenvalue weighted by Gasteiger charge is -2.11. The number of carbonyl (C=O) groups is 1. The molecule has 2 aromatic heterocycles. The Labute approximate surface area is 172 Å². The Hall–Kier alpha value is -2.45. The second-order valence-corrected chi connectivity index (χ2v) is 8.00. The number of aryl methyl sites for hydroxylation is 1. The van der Waals surface area contributed by atoms with Crippen molar-refractivity contribution in [3.63, 3.8) is 0 Å². The first-order valence-electron chi connectivity index (χ1n) is 9.03. The van der Waals surface area contributed by atoms with Crippen LogP contribution in [0.2, 0.25) is 5.02 Å². The number of thioether (sulfide) groups is 1. The number of hydrogen-bond donors (Lipinski definition) is 1. The van der Waals surface area contributed by atoms with Crippen molar-refractivity contribution in [1.29, 1.82) is 0 Å². The molecule has 28 heavy (non-hydrogen) atoms. The summed E-state index contributed by atoms with van der Waals surface area (Å²) in [5.74, 6) is 0.258. The van der Waals surface area contributed by atoms with Crippen LogP contribution >= 0.6 is 23.4 Å². The summed E-state index contributed by atoms with van der Waals surface area (Å²) < 4.78 is 1.64. The number of carbonyl (C=O) groups excluding carboxylic acids is 1. The zero-order chi connectivity index (χ0) is 19.9. The summed E-state index contributed by atoms with van der Waals surface area (Å²) in [6.07, 6.45) is 4.88. The smallest absolute Gasteiger partial charge is 0.238 e. The normalized spacial score (nSPS) is 12.0. The van der Waals surface area contributed by atoms with Gasteiger partial charge in [-0.25, -0.2) is 4.98 Å². The molecule has 2 heterocycles. The third-order valence-electron chi connectivity index (χ3n) is 4.07. The Balaban J connectivity index is 1.66. The van der Waals surface area contributed by atoms with Crippen LogP contribution in [-0.4, -0.2) is 36.3 Å². The molecule has 0 saturated carbocycles. The number of anilines is 1. The molecule has 0 radical (unpaired) electrons. The lowest BCUT2D eigenvalue weighted by atomic mass is 10.1. The van der Waals surface area contributed by atoms with Crippen molar-refractivity contribution < 1.29 is 4.79 Å². The number of unbranched alkanes of at least 4 members (excludes halogenated alkanes) is 1. The monoisotopic (exact) mass is 416 g/mol. The number of nitrogens with one attached hydrogen (secondary N) is 1. The predicted molar refractivity (Wildman–Crippen MR) is 111 cm³/mol. The number of hydrogen-bond acceptors (Lipinski definition) is 6. The largest absolute Gasteiger partial charge is 0.310 e. The minimum atomic E-state index is -0.411. The average molecular weight is 417 g/mol. The first-order valence-corrected chi connectivity index (χ1v) is 10.3. The molecular weight excluding hydrogens is 396 g/mol. The number of benzene rings is 1. The van der Waals surface area contributed by atoms with Crippen molar-refractivity contribution in [2.75, 3.05) is 5.32 Å². The van der Waals surface area contributed by atoms with E-state index in [1.807, 2.05) is 12.1 Å². The van der Waals surface area contributed by atoms with E-state index in [0.29, 0.717) is 16.0 Å². The van der Waals surface area contributed by atoms with Gasteiger partial charge in [-0.3, -0.25) is 4.79 Å². The summed E-state index contributed by atoms with van der Waals surface area (Å²) in [4.78, 5) is 16.5.